The number of hydrogen-bond acceptors (Lipinski definition) is 2. The normalized spacial score (nSPS) is 12.2. The lowest BCUT2D eigenvalue weighted by atomic mass is 10.2. The zero-order chi connectivity index (χ0) is 10.7. The summed E-state index contributed by atoms with van der Waals surface area (Å²) in [6.07, 6.45) is 0. The summed E-state index contributed by atoms with van der Waals surface area (Å²) in [6.45, 7) is 0. The quantitative estimate of drug-likeness (QED) is 0.719. The third kappa shape index (κ3) is 2.15. The van der Waals surface area contributed by atoms with Crippen molar-refractivity contribution in [2.75, 3.05) is 7.05 Å². The molecule has 6 heteroatoms. The Kier molecular flexibility index (Phi) is 3.32. The number of carbonyl (C=O) groups excluding carboxylic acids is 1. The van der Waals surface area contributed by atoms with Crippen molar-refractivity contribution in [2.45, 2.75) is 4.90 Å². The summed E-state index contributed by atoms with van der Waals surface area (Å²) in [5, 5.41) is 2.32. The van der Waals surface area contributed by atoms with E-state index in [-0.39, 0.29) is 5.56 Å². The van der Waals surface area contributed by atoms with Crippen LogP contribution in [0.5, 0.6) is 0 Å². The first kappa shape index (κ1) is 10.8. The Morgan fingerprint density at radius 2 is 2.21 bits per heavy atom. The number of hydrogen-bond donors (Lipinski definition) is 2. The number of halogens is 1. The topological polar surface area (TPSA) is 66.4 Å². The Balaban J connectivity index is 3.19. The van der Waals surface area contributed by atoms with Gasteiger partial charge in [0.1, 0.15) is 10.7 Å². The Morgan fingerprint density at radius 3 is 2.71 bits per heavy atom. The van der Waals surface area contributed by atoms with Crippen LogP contribution >= 0.6 is 0 Å². The third-order valence-electron chi connectivity index (χ3n) is 1.61. The van der Waals surface area contributed by atoms with Crippen molar-refractivity contribution < 1.29 is 17.9 Å². The summed E-state index contributed by atoms with van der Waals surface area (Å²) in [5.41, 5.74) is 0.145. The van der Waals surface area contributed by atoms with Crippen LogP contribution in [0, 0.1) is 5.82 Å². The molecular weight excluding hydrogens is 209 g/mol. The van der Waals surface area contributed by atoms with Gasteiger partial charge in [-0.3, -0.25) is 4.79 Å². The first-order chi connectivity index (χ1) is 6.56. The molecule has 0 bridgehead atoms. The van der Waals surface area contributed by atoms with E-state index in [0.717, 1.165) is 12.1 Å². The molecule has 0 saturated carbocycles. The lowest BCUT2D eigenvalue weighted by Gasteiger charge is -2.02. The maximum Gasteiger partial charge on any atom is 0.251 e. The number of amides is 1. The van der Waals surface area contributed by atoms with Gasteiger partial charge in [-0.15, -0.1) is 0 Å². The summed E-state index contributed by atoms with van der Waals surface area (Å²) < 4.78 is 32.2. The summed E-state index contributed by atoms with van der Waals surface area (Å²) in [6, 6.07) is 3.27. The highest BCUT2D eigenvalue weighted by molar-refractivity contribution is 7.79. The summed E-state index contributed by atoms with van der Waals surface area (Å²) >= 11 is -2.42. The second kappa shape index (κ2) is 4.30. The molecule has 0 aromatic heterocycles. The van der Waals surface area contributed by atoms with Gasteiger partial charge in [0.05, 0.1) is 0 Å². The van der Waals surface area contributed by atoms with Crippen LogP contribution in [0.4, 0.5) is 4.39 Å². The summed E-state index contributed by atoms with van der Waals surface area (Å²) in [5.74, 6) is -1.24. The molecule has 1 unspecified atom stereocenters. The van der Waals surface area contributed by atoms with E-state index < -0.39 is 27.7 Å². The number of rotatable bonds is 2. The first-order valence-corrected chi connectivity index (χ1v) is 4.79. The molecule has 1 atom stereocenters. The second-order valence-corrected chi connectivity index (χ2v) is 3.41. The SMILES string of the molecule is CNC(=O)c1ccc(F)c(S(=O)O)c1. The Labute approximate surface area is 82.4 Å². The van der Waals surface area contributed by atoms with Crippen LogP contribution in [-0.2, 0) is 11.1 Å². The van der Waals surface area contributed by atoms with Crippen molar-refractivity contribution >= 4 is 17.0 Å². The molecule has 0 spiro atoms. The van der Waals surface area contributed by atoms with Crippen LogP contribution in [0.25, 0.3) is 0 Å². The van der Waals surface area contributed by atoms with E-state index in [1.54, 1.807) is 0 Å². The molecule has 1 aromatic carbocycles. The molecule has 1 aromatic rings. The van der Waals surface area contributed by atoms with Crippen molar-refractivity contribution in [1.82, 2.24) is 5.32 Å². The molecule has 1 rings (SSSR count). The van der Waals surface area contributed by atoms with E-state index >= 15 is 0 Å². The van der Waals surface area contributed by atoms with Gasteiger partial charge in [-0.1, -0.05) is 0 Å². The molecule has 1 amide bonds. The Bertz CT molecular complexity index is 394. The molecule has 0 saturated heterocycles. The number of benzene rings is 1. The monoisotopic (exact) mass is 217 g/mol. The number of nitrogens with one attached hydrogen (secondary N) is 1. The fourth-order valence-corrected chi connectivity index (χ4v) is 1.39. The predicted molar refractivity (Wildman–Crippen MR) is 48.8 cm³/mol. The standard InChI is InChI=1S/C8H8FNO3S/c1-10-8(11)5-2-3-6(9)7(4-5)14(12)13/h2-4H,1H3,(H,10,11)(H,12,13). The minimum absolute atomic E-state index is 0.145. The van der Waals surface area contributed by atoms with Crippen molar-refractivity contribution in [3.8, 4) is 0 Å². The zero-order valence-corrected chi connectivity index (χ0v) is 8.10. The molecule has 4 nitrogen and oxygen atoms in total. The molecule has 76 valence electrons. The molecule has 0 radical (unpaired) electrons. The second-order valence-electron chi connectivity index (χ2n) is 2.47. The largest absolute Gasteiger partial charge is 0.355 e. The van der Waals surface area contributed by atoms with Crippen molar-refractivity contribution in [2.24, 2.45) is 0 Å². The van der Waals surface area contributed by atoms with Crippen LogP contribution in [0.1, 0.15) is 10.4 Å². The summed E-state index contributed by atoms with van der Waals surface area (Å²) in [7, 11) is 1.42. The molecule has 0 aliphatic carbocycles. The maximum atomic E-state index is 12.9. The molecular formula is C8H8FNO3S. The highest BCUT2D eigenvalue weighted by Crippen LogP contribution is 2.13. The van der Waals surface area contributed by atoms with Crippen LogP contribution in [0.15, 0.2) is 23.1 Å². The van der Waals surface area contributed by atoms with Gasteiger partial charge in [0, 0.05) is 12.6 Å². The molecule has 0 aliphatic heterocycles. The van der Waals surface area contributed by atoms with Gasteiger partial charge in [-0.05, 0) is 18.2 Å². The minimum Gasteiger partial charge on any atom is -0.355 e. The average molecular weight is 217 g/mol. The van der Waals surface area contributed by atoms with Gasteiger partial charge in [-0.25, -0.2) is 8.60 Å². The van der Waals surface area contributed by atoms with Crippen molar-refractivity contribution in [1.29, 1.82) is 0 Å². The highest BCUT2D eigenvalue weighted by Gasteiger charge is 2.11. The van der Waals surface area contributed by atoms with Gasteiger partial charge in [0.2, 0.25) is 0 Å². The highest BCUT2D eigenvalue weighted by atomic mass is 32.2. The van der Waals surface area contributed by atoms with Gasteiger partial charge in [0.25, 0.3) is 5.91 Å². The summed E-state index contributed by atoms with van der Waals surface area (Å²) in [4.78, 5) is 10.7. The van der Waals surface area contributed by atoms with E-state index in [1.807, 2.05) is 0 Å². The zero-order valence-electron chi connectivity index (χ0n) is 7.28. The first-order valence-electron chi connectivity index (χ1n) is 3.68. The minimum atomic E-state index is -2.42. The molecule has 14 heavy (non-hydrogen) atoms. The Hall–Kier alpha value is -1.27. The molecule has 0 heterocycles. The van der Waals surface area contributed by atoms with Gasteiger partial charge in [-0.2, -0.15) is 0 Å². The van der Waals surface area contributed by atoms with Crippen molar-refractivity contribution in [3.05, 3.63) is 29.6 Å². The molecule has 0 aliphatic rings. The smallest absolute Gasteiger partial charge is 0.251 e. The third-order valence-corrected chi connectivity index (χ3v) is 2.30. The van der Waals surface area contributed by atoms with E-state index in [1.165, 1.54) is 13.1 Å². The van der Waals surface area contributed by atoms with E-state index in [4.69, 9.17) is 4.55 Å². The molecule has 2 N–H and O–H groups in total. The van der Waals surface area contributed by atoms with Gasteiger partial charge < -0.3 is 9.87 Å². The lowest BCUT2D eigenvalue weighted by Crippen LogP contribution is -2.18. The van der Waals surface area contributed by atoms with E-state index in [2.05, 4.69) is 5.32 Å². The van der Waals surface area contributed by atoms with E-state index in [0.29, 0.717) is 0 Å². The fourth-order valence-electron chi connectivity index (χ4n) is 0.923. The van der Waals surface area contributed by atoms with E-state index in [9.17, 15) is 13.4 Å². The number of carbonyl (C=O) groups is 1. The van der Waals surface area contributed by atoms with Crippen LogP contribution in [-0.4, -0.2) is 21.7 Å². The van der Waals surface area contributed by atoms with Gasteiger partial charge >= 0.3 is 0 Å². The Morgan fingerprint density at radius 1 is 1.57 bits per heavy atom. The predicted octanol–water partition coefficient (Wildman–Crippen LogP) is 0.766. The van der Waals surface area contributed by atoms with Gasteiger partial charge in [0.15, 0.2) is 11.1 Å². The maximum absolute atomic E-state index is 12.9. The van der Waals surface area contributed by atoms with Crippen LogP contribution < -0.4 is 5.32 Å². The lowest BCUT2D eigenvalue weighted by molar-refractivity contribution is 0.0963. The fraction of sp³-hybridized carbons (Fsp3) is 0.125. The van der Waals surface area contributed by atoms with Crippen LogP contribution in [0.2, 0.25) is 0 Å². The van der Waals surface area contributed by atoms with Crippen LogP contribution in [0.3, 0.4) is 0 Å². The van der Waals surface area contributed by atoms with Crippen molar-refractivity contribution in [3.63, 3.8) is 0 Å². The molecule has 0 fully saturated rings. The average Bonchev–Trinajstić information content (AvgIpc) is 2.17.